The molecule has 0 aromatic heterocycles. The molecule has 2 heteroatoms. The second-order valence-corrected chi connectivity index (χ2v) is 5.71. The standard InChI is InChI=1S/C19H27NO/c1-3-4-5-8-16(2)20-13-14-21-19-12-11-17-9-6-7-10-18(17)15-19/h6-7,9-12,15-16,20H,3-5,8,13-14H2,1-2H3. The Kier molecular flexibility index (Phi) is 6.55. The Bertz CT molecular complexity index is 538. The molecule has 2 aromatic carbocycles. The van der Waals surface area contributed by atoms with E-state index < -0.39 is 0 Å². The SMILES string of the molecule is CCCCCC(C)NCCOc1ccc2ccccc2c1. The van der Waals surface area contributed by atoms with E-state index in [1.807, 2.05) is 6.07 Å². The molecule has 0 aliphatic rings. The van der Waals surface area contributed by atoms with Crippen LogP contribution in [-0.4, -0.2) is 19.2 Å². The van der Waals surface area contributed by atoms with Crippen LogP contribution >= 0.6 is 0 Å². The van der Waals surface area contributed by atoms with Crippen molar-refractivity contribution >= 4 is 10.8 Å². The molecule has 0 saturated heterocycles. The van der Waals surface area contributed by atoms with Crippen molar-refractivity contribution in [3.8, 4) is 5.75 Å². The Labute approximate surface area is 128 Å². The minimum Gasteiger partial charge on any atom is -0.492 e. The second-order valence-electron chi connectivity index (χ2n) is 5.71. The van der Waals surface area contributed by atoms with Gasteiger partial charge in [-0.15, -0.1) is 0 Å². The molecule has 0 aliphatic heterocycles. The highest BCUT2D eigenvalue weighted by molar-refractivity contribution is 5.83. The summed E-state index contributed by atoms with van der Waals surface area (Å²) >= 11 is 0. The molecule has 1 N–H and O–H groups in total. The van der Waals surface area contributed by atoms with Crippen LogP contribution < -0.4 is 10.1 Å². The van der Waals surface area contributed by atoms with Crippen LogP contribution in [0.4, 0.5) is 0 Å². The van der Waals surface area contributed by atoms with Gasteiger partial charge in [-0.25, -0.2) is 0 Å². The molecule has 0 radical (unpaired) electrons. The van der Waals surface area contributed by atoms with Crippen LogP contribution in [0.1, 0.15) is 39.5 Å². The molecule has 0 bridgehead atoms. The number of nitrogens with one attached hydrogen (secondary N) is 1. The third kappa shape index (κ3) is 5.39. The molecule has 0 amide bonds. The van der Waals surface area contributed by atoms with Crippen LogP contribution in [0.25, 0.3) is 10.8 Å². The maximum Gasteiger partial charge on any atom is 0.120 e. The van der Waals surface area contributed by atoms with E-state index in [1.54, 1.807) is 0 Å². The minimum atomic E-state index is 0.580. The summed E-state index contributed by atoms with van der Waals surface area (Å²) in [4.78, 5) is 0. The van der Waals surface area contributed by atoms with Crippen molar-refractivity contribution in [2.75, 3.05) is 13.2 Å². The lowest BCUT2D eigenvalue weighted by atomic mass is 10.1. The summed E-state index contributed by atoms with van der Waals surface area (Å²) in [7, 11) is 0. The van der Waals surface area contributed by atoms with Crippen molar-refractivity contribution < 1.29 is 4.74 Å². The molecule has 2 aromatic rings. The molecule has 0 heterocycles. The van der Waals surface area contributed by atoms with Gasteiger partial charge in [0.2, 0.25) is 0 Å². The average Bonchev–Trinajstić information content (AvgIpc) is 2.52. The van der Waals surface area contributed by atoms with E-state index in [2.05, 4.69) is 55.6 Å². The fourth-order valence-corrected chi connectivity index (χ4v) is 2.53. The summed E-state index contributed by atoms with van der Waals surface area (Å²) in [6.07, 6.45) is 5.19. The molecule has 2 nitrogen and oxygen atoms in total. The fourth-order valence-electron chi connectivity index (χ4n) is 2.53. The average molecular weight is 285 g/mol. The van der Waals surface area contributed by atoms with Gasteiger partial charge < -0.3 is 10.1 Å². The summed E-state index contributed by atoms with van der Waals surface area (Å²) in [5.74, 6) is 0.953. The van der Waals surface area contributed by atoms with E-state index >= 15 is 0 Å². The van der Waals surface area contributed by atoms with Gasteiger partial charge in [-0.1, -0.05) is 56.5 Å². The maximum absolute atomic E-state index is 5.83. The van der Waals surface area contributed by atoms with E-state index in [-0.39, 0.29) is 0 Å². The van der Waals surface area contributed by atoms with Gasteiger partial charge in [0.05, 0.1) is 0 Å². The number of rotatable bonds is 9. The monoisotopic (exact) mass is 285 g/mol. The zero-order chi connectivity index (χ0) is 14.9. The molecule has 1 atom stereocenters. The molecular weight excluding hydrogens is 258 g/mol. The van der Waals surface area contributed by atoms with E-state index in [4.69, 9.17) is 4.74 Å². The molecular formula is C19H27NO. The van der Waals surface area contributed by atoms with Crippen molar-refractivity contribution in [3.05, 3.63) is 42.5 Å². The summed E-state index contributed by atoms with van der Waals surface area (Å²) in [6, 6.07) is 15.2. The van der Waals surface area contributed by atoms with Crippen LogP contribution in [0.15, 0.2) is 42.5 Å². The fraction of sp³-hybridized carbons (Fsp3) is 0.474. The lowest BCUT2D eigenvalue weighted by Gasteiger charge is -2.14. The molecule has 114 valence electrons. The highest BCUT2D eigenvalue weighted by Gasteiger charge is 2.01. The zero-order valence-corrected chi connectivity index (χ0v) is 13.3. The number of ether oxygens (including phenoxy) is 1. The Hall–Kier alpha value is -1.54. The largest absolute Gasteiger partial charge is 0.492 e. The lowest BCUT2D eigenvalue weighted by Crippen LogP contribution is -2.30. The van der Waals surface area contributed by atoms with Gasteiger partial charge in [0.25, 0.3) is 0 Å². The second kappa shape index (κ2) is 8.68. The minimum absolute atomic E-state index is 0.580. The Balaban J connectivity index is 1.70. The first-order valence-electron chi connectivity index (χ1n) is 8.14. The molecule has 0 spiro atoms. The van der Waals surface area contributed by atoms with Crippen LogP contribution in [-0.2, 0) is 0 Å². The molecule has 0 fully saturated rings. The molecule has 2 rings (SSSR count). The summed E-state index contributed by atoms with van der Waals surface area (Å²) in [6.45, 7) is 6.12. The zero-order valence-electron chi connectivity index (χ0n) is 13.3. The van der Waals surface area contributed by atoms with Gasteiger partial charge in [0.1, 0.15) is 12.4 Å². The predicted molar refractivity (Wildman–Crippen MR) is 91.0 cm³/mol. The number of benzene rings is 2. The van der Waals surface area contributed by atoms with Crippen LogP contribution in [0, 0.1) is 0 Å². The van der Waals surface area contributed by atoms with E-state index in [9.17, 15) is 0 Å². The van der Waals surface area contributed by atoms with Crippen molar-refractivity contribution in [2.24, 2.45) is 0 Å². The Morgan fingerprint density at radius 2 is 1.86 bits per heavy atom. The summed E-state index contributed by atoms with van der Waals surface area (Å²) in [5, 5.41) is 6.01. The van der Waals surface area contributed by atoms with Crippen molar-refractivity contribution in [1.29, 1.82) is 0 Å². The van der Waals surface area contributed by atoms with Crippen LogP contribution in [0.2, 0.25) is 0 Å². The van der Waals surface area contributed by atoms with E-state index in [0.717, 1.165) is 18.9 Å². The molecule has 21 heavy (non-hydrogen) atoms. The number of unbranched alkanes of at least 4 members (excludes halogenated alkanes) is 2. The first-order valence-corrected chi connectivity index (χ1v) is 8.14. The lowest BCUT2D eigenvalue weighted by molar-refractivity contribution is 0.304. The van der Waals surface area contributed by atoms with Crippen molar-refractivity contribution in [2.45, 2.75) is 45.6 Å². The summed E-state index contributed by atoms with van der Waals surface area (Å²) in [5.41, 5.74) is 0. The molecule has 0 aliphatic carbocycles. The normalized spacial score (nSPS) is 12.5. The van der Waals surface area contributed by atoms with Crippen LogP contribution in [0.5, 0.6) is 5.75 Å². The molecule has 0 saturated carbocycles. The Morgan fingerprint density at radius 3 is 2.67 bits per heavy atom. The van der Waals surface area contributed by atoms with Gasteiger partial charge in [-0.2, -0.15) is 0 Å². The highest BCUT2D eigenvalue weighted by atomic mass is 16.5. The first kappa shape index (κ1) is 15.8. The quantitative estimate of drug-likeness (QED) is 0.670. The summed E-state index contributed by atoms with van der Waals surface area (Å²) < 4.78 is 5.83. The van der Waals surface area contributed by atoms with Gasteiger partial charge in [0.15, 0.2) is 0 Å². The third-order valence-corrected chi connectivity index (χ3v) is 3.83. The smallest absolute Gasteiger partial charge is 0.120 e. The first-order chi connectivity index (χ1) is 10.3. The maximum atomic E-state index is 5.83. The topological polar surface area (TPSA) is 21.3 Å². The Morgan fingerprint density at radius 1 is 1.05 bits per heavy atom. The van der Waals surface area contributed by atoms with Crippen molar-refractivity contribution in [1.82, 2.24) is 5.32 Å². The van der Waals surface area contributed by atoms with Gasteiger partial charge in [-0.05, 0) is 36.2 Å². The molecule has 1 unspecified atom stereocenters. The number of fused-ring (bicyclic) bond motifs is 1. The predicted octanol–water partition coefficient (Wildman–Crippen LogP) is 4.78. The van der Waals surface area contributed by atoms with Gasteiger partial charge in [0, 0.05) is 12.6 Å². The highest BCUT2D eigenvalue weighted by Crippen LogP contribution is 2.20. The van der Waals surface area contributed by atoms with E-state index in [1.165, 1.54) is 36.5 Å². The number of hydrogen-bond acceptors (Lipinski definition) is 2. The van der Waals surface area contributed by atoms with Crippen LogP contribution in [0.3, 0.4) is 0 Å². The third-order valence-electron chi connectivity index (χ3n) is 3.83. The van der Waals surface area contributed by atoms with Gasteiger partial charge >= 0.3 is 0 Å². The van der Waals surface area contributed by atoms with Gasteiger partial charge in [-0.3, -0.25) is 0 Å². The van der Waals surface area contributed by atoms with Crippen molar-refractivity contribution in [3.63, 3.8) is 0 Å². The van der Waals surface area contributed by atoms with E-state index in [0.29, 0.717) is 6.04 Å². The number of hydrogen-bond donors (Lipinski definition) is 1.